The van der Waals surface area contributed by atoms with Crippen molar-refractivity contribution in [3.8, 4) is 11.5 Å². The second-order valence-electron chi connectivity index (χ2n) is 4.35. The van der Waals surface area contributed by atoms with Crippen molar-refractivity contribution in [1.82, 2.24) is 0 Å². The SMILES string of the molecule is CCC(O)(CC)CNc1ccc(OC)c(OC)c1. The van der Waals surface area contributed by atoms with E-state index in [1.54, 1.807) is 14.2 Å². The van der Waals surface area contributed by atoms with Crippen molar-refractivity contribution in [1.29, 1.82) is 0 Å². The van der Waals surface area contributed by atoms with E-state index in [1.165, 1.54) is 0 Å². The molecule has 0 heterocycles. The molecule has 1 aromatic rings. The third-order valence-corrected chi connectivity index (χ3v) is 3.32. The molecule has 1 rings (SSSR count). The predicted octanol–water partition coefficient (Wildman–Crippen LogP) is 2.67. The number of hydrogen-bond acceptors (Lipinski definition) is 4. The second kappa shape index (κ2) is 6.50. The summed E-state index contributed by atoms with van der Waals surface area (Å²) in [6.07, 6.45) is 1.45. The van der Waals surface area contributed by atoms with Crippen LogP contribution in [-0.4, -0.2) is 31.5 Å². The molecule has 0 amide bonds. The molecule has 102 valence electrons. The molecule has 1 aromatic carbocycles. The molecule has 0 aliphatic heterocycles. The lowest BCUT2D eigenvalue weighted by atomic mass is 9.97. The Hall–Kier alpha value is -1.42. The Labute approximate surface area is 109 Å². The van der Waals surface area contributed by atoms with Gasteiger partial charge in [0, 0.05) is 18.3 Å². The molecule has 0 saturated carbocycles. The van der Waals surface area contributed by atoms with E-state index in [2.05, 4.69) is 5.32 Å². The van der Waals surface area contributed by atoms with Gasteiger partial charge in [-0.25, -0.2) is 0 Å². The predicted molar refractivity (Wildman–Crippen MR) is 73.6 cm³/mol. The summed E-state index contributed by atoms with van der Waals surface area (Å²) in [4.78, 5) is 0. The van der Waals surface area contributed by atoms with Crippen LogP contribution in [0.15, 0.2) is 18.2 Å². The fourth-order valence-electron chi connectivity index (χ4n) is 1.71. The number of hydrogen-bond donors (Lipinski definition) is 2. The van der Waals surface area contributed by atoms with Crippen molar-refractivity contribution in [3.63, 3.8) is 0 Å². The maximum Gasteiger partial charge on any atom is 0.162 e. The van der Waals surface area contributed by atoms with Crippen LogP contribution in [0.2, 0.25) is 0 Å². The van der Waals surface area contributed by atoms with Gasteiger partial charge in [-0.15, -0.1) is 0 Å². The van der Waals surface area contributed by atoms with Crippen molar-refractivity contribution < 1.29 is 14.6 Å². The number of ether oxygens (including phenoxy) is 2. The molecule has 4 nitrogen and oxygen atoms in total. The Morgan fingerprint density at radius 3 is 2.22 bits per heavy atom. The van der Waals surface area contributed by atoms with Gasteiger partial charge in [-0.2, -0.15) is 0 Å². The minimum absolute atomic E-state index is 0.523. The monoisotopic (exact) mass is 253 g/mol. The third-order valence-electron chi connectivity index (χ3n) is 3.32. The number of benzene rings is 1. The highest BCUT2D eigenvalue weighted by Crippen LogP contribution is 2.30. The summed E-state index contributed by atoms with van der Waals surface area (Å²) in [6.45, 7) is 4.50. The first-order valence-electron chi connectivity index (χ1n) is 6.26. The van der Waals surface area contributed by atoms with Gasteiger partial charge in [0.1, 0.15) is 0 Å². The molecular weight excluding hydrogens is 230 g/mol. The molecule has 0 atom stereocenters. The molecule has 0 spiro atoms. The van der Waals surface area contributed by atoms with Crippen LogP contribution in [0.1, 0.15) is 26.7 Å². The minimum atomic E-state index is -0.660. The third kappa shape index (κ3) is 3.53. The number of nitrogens with one attached hydrogen (secondary N) is 1. The van der Waals surface area contributed by atoms with Gasteiger partial charge >= 0.3 is 0 Å². The molecule has 0 unspecified atom stereocenters. The Balaban J connectivity index is 2.74. The smallest absolute Gasteiger partial charge is 0.162 e. The molecule has 0 aromatic heterocycles. The highest BCUT2D eigenvalue weighted by molar-refractivity contribution is 5.54. The largest absolute Gasteiger partial charge is 0.493 e. The van der Waals surface area contributed by atoms with E-state index in [1.807, 2.05) is 32.0 Å². The fraction of sp³-hybridized carbons (Fsp3) is 0.571. The Bertz CT molecular complexity index is 375. The van der Waals surface area contributed by atoms with Gasteiger partial charge in [-0.3, -0.25) is 0 Å². The molecule has 4 heteroatoms. The molecule has 0 saturated heterocycles. The van der Waals surface area contributed by atoms with E-state index in [0.29, 0.717) is 18.0 Å². The van der Waals surface area contributed by atoms with E-state index in [4.69, 9.17) is 9.47 Å². The average Bonchev–Trinajstić information content (AvgIpc) is 2.44. The Kier molecular flexibility index (Phi) is 5.28. The van der Waals surface area contributed by atoms with Gasteiger partial charge in [-0.05, 0) is 25.0 Å². The first kappa shape index (κ1) is 14.6. The van der Waals surface area contributed by atoms with Crippen LogP contribution in [0.4, 0.5) is 5.69 Å². The average molecular weight is 253 g/mol. The van der Waals surface area contributed by atoms with E-state index < -0.39 is 5.60 Å². The summed E-state index contributed by atoms with van der Waals surface area (Å²) in [5.74, 6) is 1.38. The van der Waals surface area contributed by atoms with Crippen LogP contribution in [0.5, 0.6) is 11.5 Å². The fourth-order valence-corrected chi connectivity index (χ4v) is 1.71. The van der Waals surface area contributed by atoms with Crippen LogP contribution < -0.4 is 14.8 Å². The summed E-state index contributed by atoms with van der Waals surface area (Å²) in [7, 11) is 3.22. The maximum atomic E-state index is 10.2. The highest BCUT2D eigenvalue weighted by Gasteiger charge is 2.21. The lowest BCUT2D eigenvalue weighted by molar-refractivity contribution is 0.0457. The van der Waals surface area contributed by atoms with Gasteiger partial charge in [0.15, 0.2) is 11.5 Å². The van der Waals surface area contributed by atoms with Gasteiger partial charge < -0.3 is 19.9 Å². The summed E-state index contributed by atoms with van der Waals surface area (Å²) >= 11 is 0. The normalized spacial score (nSPS) is 11.2. The minimum Gasteiger partial charge on any atom is -0.493 e. The van der Waals surface area contributed by atoms with Crippen molar-refractivity contribution in [2.75, 3.05) is 26.1 Å². The van der Waals surface area contributed by atoms with Crippen LogP contribution >= 0.6 is 0 Å². The van der Waals surface area contributed by atoms with Crippen molar-refractivity contribution >= 4 is 5.69 Å². The standard InChI is InChI=1S/C14H23NO3/c1-5-14(16,6-2)10-15-11-7-8-12(17-3)13(9-11)18-4/h7-9,15-16H,5-6,10H2,1-4H3. The molecule has 0 radical (unpaired) electrons. The zero-order chi connectivity index (χ0) is 13.6. The molecule has 18 heavy (non-hydrogen) atoms. The number of methoxy groups -OCH3 is 2. The van der Waals surface area contributed by atoms with Crippen LogP contribution in [0, 0.1) is 0 Å². The lowest BCUT2D eigenvalue weighted by Crippen LogP contribution is -2.35. The molecular formula is C14H23NO3. The molecule has 0 bridgehead atoms. The zero-order valence-corrected chi connectivity index (χ0v) is 11.6. The number of anilines is 1. The topological polar surface area (TPSA) is 50.7 Å². The summed E-state index contributed by atoms with van der Waals surface area (Å²) in [6, 6.07) is 5.62. The Morgan fingerprint density at radius 2 is 1.72 bits per heavy atom. The van der Waals surface area contributed by atoms with Crippen LogP contribution in [0.3, 0.4) is 0 Å². The quantitative estimate of drug-likeness (QED) is 0.784. The van der Waals surface area contributed by atoms with E-state index in [-0.39, 0.29) is 0 Å². The van der Waals surface area contributed by atoms with Gasteiger partial charge in [0.25, 0.3) is 0 Å². The van der Waals surface area contributed by atoms with E-state index >= 15 is 0 Å². The summed E-state index contributed by atoms with van der Waals surface area (Å²) in [5.41, 5.74) is 0.251. The number of rotatable bonds is 7. The van der Waals surface area contributed by atoms with Gasteiger partial charge in [-0.1, -0.05) is 13.8 Å². The zero-order valence-electron chi connectivity index (χ0n) is 11.6. The highest BCUT2D eigenvalue weighted by atomic mass is 16.5. The summed E-state index contributed by atoms with van der Waals surface area (Å²) < 4.78 is 10.4. The van der Waals surface area contributed by atoms with Gasteiger partial charge in [0.2, 0.25) is 0 Å². The van der Waals surface area contributed by atoms with Crippen LogP contribution in [0.25, 0.3) is 0 Å². The van der Waals surface area contributed by atoms with E-state index in [9.17, 15) is 5.11 Å². The summed E-state index contributed by atoms with van der Waals surface area (Å²) in [5, 5.41) is 13.4. The number of aliphatic hydroxyl groups is 1. The first-order chi connectivity index (χ1) is 8.58. The Morgan fingerprint density at radius 1 is 1.11 bits per heavy atom. The molecule has 0 fully saturated rings. The van der Waals surface area contributed by atoms with Crippen molar-refractivity contribution in [2.45, 2.75) is 32.3 Å². The van der Waals surface area contributed by atoms with E-state index in [0.717, 1.165) is 18.5 Å². The first-order valence-corrected chi connectivity index (χ1v) is 6.26. The van der Waals surface area contributed by atoms with Crippen molar-refractivity contribution in [2.24, 2.45) is 0 Å². The molecule has 0 aliphatic carbocycles. The van der Waals surface area contributed by atoms with Crippen LogP contribution in [-0.2, 0) is 0 Å². The second-order valence-corrected chi connectivity index (χ2v) is 4.35. The molecule has 0 aliphatic rings. The maximum absolute atomic E-state index is 10.2. The van der Waals surface area contributed by atoms with Crippen molar-refractivity contribution in [3.05, 3.63) is 18.2 Å². The molecule has 2 N–H and O–H groups in total. The lowest BCUT2D eigenvalue weighted by Gasteiger charge is -2.26. The van der Waals surface area contributed by atoms with Gasteiger partial charge in [0.05, 0.1) is 19.8 Å².